The van der Waals surface area contributed by atoms with Crippen molar-refractivity contribution in [3.05, 3.63) is 0 Å². The first kappa shape index (κ1) is 9.81. The van der Waals surface area contributed by atoms with Crippen molar-refractivity contribution in [3.63, 3.8) is 0 Å². The van der Waals surface area contributed by atoms with Gasteiger partial charge in [0.1, 0.15) is 0 Å². The van der Waals surface area contributed by atoms with Crippen molar-refractivity contribution in [2.75, 3.05) is 20.2 Å². The Kier molecular flexibility index (Phi) is 2.66. The molecular formula is C11H19NO2. The molecule has 2 fully saturated rings. The molecule has 2 aliphatic rings. The molecule has 0 spiro atoms. The SMILES string of the molecule is COC(=O)N1CC2CCCC(C1)C2C. The Morgan fingerprint density at radius 2 is 1.86 bits per heavy atom. The van der Waals surface area contributed by atoms with Gasteiger partial charge in [0.25, 0.3) is 0 Å². The maximum Gasteiger partial charge on any atom is 0.409 e. The highest BCUT2D eigenvalue weighted by Gasteiger charge is 2.38. The molecule has 0 aromatic rings. The van der Waals surface area contributed by atoms with E-state index in [2.05, 4.69) is 6.92 Å². The second-order valence-corrected chi connectivity index (χ2v) is 4.69. The maximum atomic E-state index is 11.4. The number of hydrogen-bond acceptors (Lipinski definition) is 2. The summed E-state index contributed by atoms with van der Waals surface area (Å²) < 4.78 is 4.78. The number of carbonyl (C=O) groups excluding carboxylic acids is 1. The number of likely N-dealkylation sites (tertiary alicyclic amines) is 1. The topological polar surface area (TPSA) is 29.5 Å². The van der Waals surface area contributed by atoms with E-state index in [1.165, 1.54) is 26.4 Å². The monoisotopic (exact) mass is 197 g/mol. The minimum absolute atomic E-state index is 0.145. The van der Waals surface area contributed by atoms with Gasteiger partial charge in [0, 0.05) is 13.1 Å². The summed E-state index contributed by atoms with van der Waals surface area (Å²) in [6.07, 6.45) is 3.76. The molecule has 2 rings (SSSR count). The van der Waals surface area contributed by atoms with Crippen molar-refractivity contribution in [1.82, 2.24) is 4.90 Å². The van der Waals surface area contributed by atoms with E-state index in [0.29, 0.717) is 11.8 Å². The number of nitrogens with zero attached hydrogens (tertiary/aromatic N) is 1. The summed E-state index contributed by atoms with van der Waals surface area (Å²) in [5.41, 5.74) is 0. The second-order valence-electron chi connectivity index (χ2n) is 4.69. The Labute approximate surface area is 85.4 Å². The third-order valence-electron chi connectivity index (χ3n) is 3.98. The molecule has 3 heteroatoms. The van der Waals surface area contributed by atoms with Crippen LogP contribution < -0.4 is 0 Å². The van der Waals surface area contributed by atoms with Crippen molar-refractivity contribution in [3.8, 4) is 0 Å². The van der Waals surface area contributed by atoms with Crippen molar-refractivity contribution >= 4 is 6.09 Å². The van der Waals surface area contributed by atoms with Crippen LogP contribution in [0.15, 0.2) is 0 Å². The van der Waals surface area contributed by atoms with Gasteiger partial charge < -0.3 is 9.64 Å². The van der Waals surface area contributed by atoms with Gasteiger partial charge >= 0.3 is 6.09 Å². The van der Waals surface area contributed by atoms with E-state index in [0.717, 1.165) is 19.0 Å². The largest absolute Gasteiger partial charge is 0.453 e. The molecule has 1 saturated carbocycles. The maximum absolute atomic E-state index is 11.4. The smallest absolute Gasteiger partial charge is 0.409 e. The van der Waals surface area contributed by atoms with Gasteiger partial charge in [0.2, 0.25) is 0 Å². The standard InChI is InChI=1S/C11H19NO2/c1-8-9-4-3-5-10(8)7-12(6-9)11(13)14-2/h8-10H,3-7H2,1-2H3. The van der Waals surface area contributed by atoms with Gasteiger partial charge in [0.05, 0.1) is 7.11 Å². The van der Waals surface area contributed by atoms with Gasteiger partial charge in [-0.05, 0) is 30.6 Å². The molecule has 1 aliphatic carbocycles. The van der Waals surface area contributed by atoms with Crippen LogP contribution in [0.25, 0.3) is 0 Å². The van der Waals surface area contributed by atoms with Crippen LogP contribution in [-0.4, -0.2) is 31.2 Å². The highest BCUT2D eigenvalue weighted by Crippen LogP contribution is 2.39. The molecule has 0 radical (unpaired) electrons. The predicted molar refractivity (Wildman–Crippen MR) is 54.0 cm³/mol. The lowest BCUT2D eigenvalue weighted by atomic mass is 9.70. The molecule has 2 unspecified atom stereocenters. The molecular weight excluding hydrogens is 178 g/mol. The Balaban J connectivity index is 2.03. The normalized spacial score (nSPS) is 36.7. The molecule has 2 atom stereocenters. The number of fused-ring (bicyclic) bond motifs is 2. The first-order chi connectivity index (χ1) is 6.72. The van der Waals surface area contributed by atoms with E-state index >= 15 is 0 Å². The van der Waals surface area contributed by atoms with Crippen LogP contribution in [0.2, 0.25) is 0 Å². The van der Waals surface area contributed by atoms with Crippen LogP contribution >= 0.6 is 0 Å². The first-order valence-electron chi connectivity index (χ1n) is 5.55. The van der Waals surface area contributed by atoms with Crippen molar-refractivity contribution < 1.29 is 9.53 Å². The summed E-state index contributed by atoms with van der Waals surface area (Å²) in [5, 5.41) is 0. The zero-order valence-corrected chi connectivity index (χ0v) is 9.03. The van der Waals surface area contributed by atoms with Crippen LogP contribution in [-0.2, 0) is 4.74 Å². The predicted octanol–water partition coefficient (Wildman–Crippen LogP) is 2.12. The molecule has 80 valence electrons. The summed E-state index contributed by atoms with van der Waals surface area (Å²) in [7, 11) is 1.47. The van der Waals surface area contributed by atoms with E-state index in [4.69, 9.17) is 4.74 Å². The van der Waals surface area contributed by atoms with Gasteiger partial charge in [-0.15, -0.1) is 0 Å². The molecule has 0 aromatic heterocycles. The molecule has 1 aliphatic heterocycles. The van der Waals surface area contributed by atoms with Gasteiger partial charge in [-0.2, -0.15) is 0 Å². The fourth-order valence-corrected chi connectivity index (χ4v) is 2.99. The number of methoxy groups -OCH3 is 1. The summed E-state index contributed by atoms with van der Waals surface area (Å²) in [4.78, 5) is 13.3. The fraction of sp³-hybridized carbons (Fsp3) is 0.909. The summed E-state index contributed by atoms with van der Waals surface area (Å²) in [6.45, 7) is 4.15. The van der Waals surface area contributed by atoms with Gasteiger partial charge in [-0.3, -0.25) is 0 Å². The van der Waals surface area contributed by atoms with Gasteiger partial charge in [0.15, 0.2) is 0 Å². The van der Waals surface area contributed by atoms with Crippen molar-refractivity contribution in [2.45, 2.75) is 26.2 Å². The Morgan fingerprint density at radius 3 is 2.36 bits per heavy atom. The van der Waals surface area contributed by atoms with Crippen LogP contribution in [0, 0.1) is 17.8 Å². The van der Waals surface area contributed by atoms with Gasteiger partial charge in [-0.1, -0.05) is 13.3 Å². The third kappa shape index (κ3) is 1.60. The summed E-state index contributed by atoms with van der Waals surface area (Å²) >= 11 is 0. The third-order valence-corrected chi connectivity index (χ3v) is 3.98. The van der Waals surface area contributed by atoms with E-state index < -0.39 is 0 Å². The molecule has 0 N–H and O–H groups in total. The van der Waals surface area contributed by atoms with Crippen LogP contribution in [0.3, 0.4) is 0 Å². The summed E-state index contributed by atoms with van der Waals surface area (Å²) in [6, 6.07) is 0. The molecule has 14 heavy (non-hydrogen) atoms. The Bertz CT molecular complexity index is 215. The van der Waals surface area contributed by atoms with E-state index in [9.17, 15) is 4.79 Å². The fourth-order valence-electron chi connectivity index (χ4n) is 2.99. The lowest BCUT2D eigenvalue weighted by molar-refractivity contribution is 0.0288. The minimum atomic E-state index is -0.145. The average molecular weight is 197 g/mol. The first-order valence-corrected chi connectivity index (χ1v) is 5.55. The molecule has 2 bridgehead atoms. The number of amides is 1. The van der Waals surface area contributed by atoms with Crippen molar-refractivity contribution in [1.29, 1.82) is 0 Å². The van der Waals surface area contributed by atoms with E-state index in [1.54, 1.807) is 0 Å². The molecule has 1 amide bonds. The zero-order valence-electron chi connectivity index (χ0n) is 9.03. The number of rotatable bonds is 0. The minimum Gasteiger partial charge on any atom is -0.453 e. The van der Waals surface area contributed by atoms with Crippen LogP contribution in [0.1, 0.15) is 26.2 Å². The zero-order chi connectivity index (χ0) is 10.1. The van der Waals surface area contributed by atoms with Crippen LogP contribution in [0.4, 0.5) is 4.79 Å². The summed E-state index contributed by atoms with van der Waals surface area (Å²) in [5.74, 6) is 2.22. The molecule has 0 aromatic carbocycles. The number of ether oxygens (including phenoxy) is 1. The van der Waals surface area contributed by atoms with E-state index in [-0.39, 0.29) is 6.09 Å². The lowest BCUT2D eigenvalue weighted by Gasteiger charge is -2.45. The quantitative estimate of drug-likeness (QED) is 0.595. The molecule has 1 heterocycles. The van der Waals surface area contributed by atoms with Crippen LogP contribution in [0.5, 0.6) is 0 Å². The number of hydrogen-bond donors (Lipinski definition) is 0. The lowest BCUT2D eigenvalue weighted by Crippen LogP contribution is -2.49. The average Bonchev–Trinajstić information content (AvgIpc) is 2.16. The highest BCUT2D eigenvalue weighted by molar-refractivity contribution is 5.67. The highest BCUT2D eigenvalue weighted by atomic mass is 16.5. The van der Waals surface area contributed by atoms with E-state index in [1.807, 2.05) is 4.90 Å². The number of carbonyl (C=O) groups is 1. The van der Waals surface area contributed by atoms with Gasteiger partial charge in [-0.25, -0.2) is 4.79 Å². The Morgan fingerprint density at radius 1 is 1.29 bits per heavy atom. The second kappa shape index (κ2) is 3.79. The molecule has 1 saturated heterocycles. The number of piperidine rings is 1. The molecule has 3 nitrogen and oxygen atoms in total. The van der Waals surface area contributed by atoms with Crippen molar-refractivity contribution in [2.24, 2.45) is 17.8 Å². The Hall–Kier alpha value is -0.730.